The fraction of sp³-hybridized carbons (Fsp3) is 0.0645. The van der Waals surface area contributed by atoms with Crippen molar-refractivity contribution in [3.63, 3.8) is 0 Å². The van der Waals surface area contributed by atoms with Gasteiger partial charge in [-0.3, -0.25) is 14.8 Å². The quantitative estimate of drug-likeness (QED) is 0.0598. The van der Waals surface area contributed by atoms with Gasteiger partial charge in [-0.25, -0.2) is 14.3 Å². The maximum absolute atomic E-state index is 11.8. The number of carboxylic acid groups (broad SMARTS) is 2. The molecule has 0 radical (unpaired) electrons. The summed E-state index contributed by atoms with van der Waals surface area (Å²) in [5.74, 6) is -3.25. The van der Waals surface area contributed by atoms with E-state index in [2.05, 4.69) is 25.9 Å². The summed E-state index contributed by atoms with van der Waals surface area (Å²) < 4.78 is 33.0. The van der Waals surface area contributed by atoms with Gasteiger partial charge in [0.2, 0.25) is 0 Å². The molecule has 14 nitrogen and oxygen atoms in total. The lowest BCUT2D eigenvalue weighted by atomic mass is 10.00. The molecule has 0 atom stereocenters. The van der Waals surface area contributed by atoms with E-state index in [9.17, 15) is 32.5 Å². The molecule has 1 aliphatic rings. The van der Waals surface area contributed by atoms with E-state index in [0.717, 1.165) is 40.5 Å². The number of anilines is 1. The number of hydrogen-bond acceptors (Lipinski definition) is 10. The van der Waals surface area contributed by atoms with Gasteiger partial charge >= 0.3 is 11.9 Å². The summed E-state index contributed by atoms with van der Waals surface area (Å²) in [6.07, 6.45) is 5.12. The van der Waals surface area contributed by atoms with Crippen LogP contribution in [0, 0.1) is 13.8 Å². The van der Waals surface area contributed by atoms with Crippen molar-refractivity contribution in [1.29, 1.82) is 0 Å². The second-order valence-electron chi connectivity index (χ2n) is 10.0. The van der Waals surface area contributed by atoms with Gasteiger partial charge in [0.1, 0.15) is 11.3 Å². The molecule has 3 aromatic carbocycles. The summed E-state index contributed by atoms with van der Waals surface area (Å²) in [5, 5.41) is 35.3. The molecule has 0 bridgehead atoms. The summed E-state index contributed by atoms with van der Waals surface area (Å²) in [6, 6.07) is 16.1. The maximum Gasteiger partial charge on any atom is 0.358 e. The normalized spacial score (nSPS) is 14.1. The largest absolute Gasteiger partial charge is 0.478 e. The highest BCUT2D eigenvalue weighted by atomic mass is 32.2. The number of carbonyl (C=O) groups excluding carboxylic acids is 1. The molecule has 15 heteroatoms. The summed E-state index contributed by atoms with van der Waals surface area (Å²) in [7, 11) is -4.39. The number of nitrogens with one attached hydrogen (secondary N) is 1. The summed E-state index contributed by atoms with van der Waals surface area (Å²) in [4.78, 5) is 34.4. The van der Waals surface area contributed by atoms with Crippen LogP contribution in [0.25, 0.3) is 16.8 Å². The minimum Gasteiger partial charge on any atom is -0.478 e. The highest BCUT2D eigenvalue weighted by Crippen LogP contribution is 2.31. The lowest BCUT2D eigenvalue weighted by Gasteiger charge is -2.11. The zero-order valence-corrected chi connectivity index (χ0v) is 24.9. The zero-order chi connectivity index (χ0) is 33.2. The van der Waals surface area contributed by atoms with Crippen molar-refractivity contribution in [3.05, 3.63) is 107 Å². The molecular formula is C31H24N6O8S. The first kappa shape index (κ1) is 31.4. The number of carbonyl (C=O) groups is 3. The van der Waals surface area contributed by atoms with E-state index in [1.807, 2.05) is 44.2 Å². The Labute approximate surface area is 261 Å². The third-order valence-corrected chi connectivity index (χ3v) is 7.69. The topological polar surface area (TPSA) is 213 Å². The Kier molecular flexibility index (Phi) is 8.53. The molecule has 232 valence electrons. The number of rotatable bonds is 9. The molecule has 0 saturated heterocycles. The zero-order valence-electron chi connectivity index (χ0n) is 24.1. The van der Waals surface area contributed by atoms with Crippen molar-refractivity contribution in [2.75, 3.05) is 5.43 Å². The van der Waals surface area contributed by atoms with Crippen molar-refractivity contribution >= 4 is 50.6 Å². The minimum atomic E-state index is -4.39. The number of carboxylic acids is 2. The van der Waals surface area contributed by atoms with E-state index in [1.54, 1.807) is 6.07 Å². The first-order valence-electron chi connectivity index (χ1n) is 13.4. The molecule has 4 N–H and O–H groups in total. The Morgan fingerprint density at radius 2 is 1.50 bits per heavy atom. The van der Waals surface area contributed by atoms with E-state index in [4.69, 9.17) is 5.11 Å². The van der Waals surface area contributed by atoms with Crippen LogP contribution in [0.15, 0.2) is 111 Å². The van der Waals surface area contributed by atoms with E-state index in [-0.39, 0.29) is 27.6 Å². The average Bonchev–Trinajstić information content (AvgIpc) is 3.45. The lowest BCUT2D eigenvalue weighted by Crippen LogP contribution is -2.16. The molecular weight excluding hydrogens is 616 g/mol. The molecule has 0 amide bonds. The van der Waals surface area contributed by atoms with Gasteiger partial charge in [0, 0.05) is 0 Å². The molecule has 1 aliphatic carbocycles. The number of azo groups is 1. The van der Waals surface area contributed by atoms with Gasteiger partial charge in [-0.15, -0.1) is 5.11 Å². The molecule has 0 spiro atoms. The minimum absolute atomic E-state index is 0.0258. The highest BCUT2D eigenvalue weighted by Gasteiger charge is 2.19. The monoisotopic (exact) mass is 640 g/mol. The van der Waals surface area contributed by atoms with Gasteiger partial charge in [0.25, 0.3) is 10.1 Å². The van der Waals surface area contributed by atoms with Gasteiger partial charge in [-0.2, -0.15) is 23.7 Å². The summed E-state index contributed by atoms with van der Waals surface area (Å²) in [6.45, 7) is 3.71. The molecule has 0 unspecified atom stereocenters. The Balaban J connectivity index is 1.34. The van der Waals surface area contributed by atoms with E-state index < -0.39 is 27.8 Å². The average molecular weight is 641 g/mol. The van der Waals surface area contributed by atoms with Crippen molar-refractivity contribution in [2.24, 2.45) is 15.3 Å². The van der Waals surface area contributed by atoms with E-state index in [1.165, 1.54) is 35.2 Å². The number of hydrazone groups is 1. The van der Waals surface area contributed by atoms with Crippen LogP contribution in [0.2, 0.25) is 0 Å². The predicted molar refractivity (Wildman–Crippen MR) is 167 cm³/mol. The Bertz CT molecular complexity index is 2150. The Morgan fingerprint density at radius 3 is 2.11 bits per heavy atom. The lowest BCUT2D eigenvalue weighted by molar-refractivity contribution is -0.134. The molecule has 5 rings (SSSR count). The molecule has 1 heterocycles. The first-order chi connectivity index (χ1) is 21.8. The number of hydrogen-bond donors (Lipinski definition) is 4. The molecule has 46 heavy (non-hydrogen) atoms. The summed E-state index contributed by atoms with van der Waals surface area (Å²) in [5.41, 5.74) is 7.34. The number of aromatic carboxylic acids is 1. The first-order valence-corrected chi connectivity index (χ1v) is 14.8. The fourth-order valence-electron chi connectivity index (χ4n) is 4.40. The second kappa shape index (κ2) is 12.5. The number of benzene rings is 3. The molecule has 4 aromatic rings. The van der Waals surface area contributed by atoms with Gasteiger partial charge in [0.15, 0.2) is 11.5 Å². The maximum atomic E-state index is 11.8. The molecule has 0 fully saturated rings. The standard InChI is InChI=1S/C31H24N6O8S/c1-17-13-19(3-10-25(17)33-32-21-5-12-28(38)24(15-21)30(39)40)20-4-11-26(18(2)14-20)34-35-27-16-37(36-29(27)31(41)42)22-6-8-23(9-7-22)46(43,44)45/h3-16,33H,1-2H3,(H,39,40)(H,41,42)(H,43,44,45)/b32-21-,35-34?. The Morgan fingerprint density at radius 1 is 0.848 bits per heavy atom. The van der Waals surface area contributed by atoms with Gasteiger partial charge in [0.05, 0.1) is 33.9 Å². The van der Waals surface area contributed by atoms with Crippen LogP contribution in [-0.2, 0) is 19.7 Å². The van der Waals surface area contributed by atoms with Crippen LogP contribution in [0.5, 0.6) is 0 Å². The Hall–Kier alpha value is -6.06. The van der Waals surface area contributed by atoms with Crippen LogP contribution in [0.4, 0.5) is 17.1 Å². The van der Waals surface area contributed by atoms with Crippen LogP contribution in [0.1, 0.15) is 21.6 Å². The number of aromatic nitrogens is 2. The third kappa shape index (κ3) is 6.85. The van der Waals surface area contributed by atoms with Crippen LogP contribution in [-0.4, -0.2) is 56.4 Å². The number of nitrogens with zero attached hydrogens (tertiary/aromatic N) is 5. The van der Waals surface area contributed by atoms with Crippen molar-refractivity contribution < 1.29 is 37.6 Å². The van der Waals surface area contributed by atoms with Crippen LogP contribution in [0.3, 0.4) is 0 Å². The summed E-state index contributed by atoms with van der Waals surface area (Å²) >= 11 is 0. The number of ketones is 1. The number of allylic oxidation sites excluding steroid dienone is 3. The van der Waals surface area contributed by atoms with Gasteiger partial charge in [-0.1, -0.05) is 12.1 Å². The van der Waals surface area contributed by atoms with E-state index >= 15 is 0 Å². The van der Waals surface area contributed by atoms with Crippen molar-refractivity contribution in [3.8, 4) is 16.8 Å². The molecule has 1 aromatic heterocycles. The molecule has 0 saturated carbocycles. The van der Waals surface area contributed by atoms with E-state index in [0.29, 0.717) is 17.1 Å². The number of aryl methyl sites for hydroxylation is 2. The molecule has 0 aliphatic heterocycles. The van der Waals surface area contributed by atoms with Gasteiger partial charge < -0.3 is 10.2 Å². The fourth-order valence-corrected chi connectivity index (χ4v) is 4.88. The second-order valence-corrected chi connectivity index (χ2v) is 11.4. The van der Waals surface area contributed by atoms with Crippen LogP contribution < -0.4 is 5.43 Å². The van der Waals surface area contributed by atoms with Crippen molar-refractivity contribution in [2.45, 2.75) is 18.7 Å². The third-order valence-electron chi connectivity index (χ3n) is 6.82. The van der Waals surface area contributed by atoms with Crippen LogP contribution >= 0.6 is 0 Å². The predicted octanol–water partition coefficient (Wildman–Crippen LogP) is 5.43. The van der Waals surface area contributed by atoms with Crippen molar-refractivity contribution in [1.82, 2.24) is 9.78 Å². The SMILES string of the molecule is Cc1cc(-c2ccc(N/N=C3/C=CC(=O)C(C(=O)O)=C3)c(C)c2)ccc1N=Nc1cn(-c2ccc(S(=O)(=O)O)cc2)nc1C(=O)O. The highest BCUT2D eigenvalue weighted by molar-refractivity contribution is 7.85. The van der Waals surface area contributed by atoms with Gasteiger partial charge in [-0.05, 0) is 103 Å². The smallest absolute Gasteiger partial charge is 0.358 e. The number of aliphatic carboxylic acids is 1.